The number of hydrogen-bond acceptors (Lipinski definition) is 5. The van der Waals surface area contributed by atoms with Crippen LogP contribution in [0.5, 0.6) is 0 Å². The van der Waals surface area contributed by atoms with Crippen molar-refractivity contribution in [2.45, 2.75) is 25.0 Å². The lowest BCUT2D eigenvalue weighted by atomic mass is 10.3. The molecule has 0 aliphatic rings. The van der Waals surface area contributed by atoms with Crippen LogP contribution in [-0.2, 0) is 24.3 Å². The van der Waals surface area contributed by atoms with Crippen molar-refractivity contribution in [3.8, 4) is 0 Å². The molecule has 0 fully saturated rings. The van der Waals surface area contributed by atoms with Crippen LogP contribution in [0.25, 0.3) is 0 Å². The molecule has 0 amide bonds. The van der Waals surface area contributed by atoms with Crippen LogP contribution in [0.3, 0.4) is 0 Å². The summed E-state index contributed by atoms with van der Waals surface area (Å²) in [4.78, 5) is 21.1. The average molecular weight is 253 g/mol. The smallest absolute Gasteiger partial charge is 0.325 e. The molecule has 0 aromatic rings. The van der Waals surface area contributed by atoms with Crippen molar-refractivity contribution >= 4 is 22.0 Å². The predicted molar refractivity (Wildman–Crippen MR) is 55.3 cm³/mol. The molecule has 0 aromatic heterocycles. The predicted octanol–water partition coefficient (Wildman–Crippen LogP) is -0.668. The van der Waals surface area contributed by atoms with Crippen molar-refractivity contribution in [1.29, 1.82) is 0 Å². The summed E-state index contributed by atoms with van der Waals surface area (Å²) in [6, 6.07) is 0. The van der Waals surface area contributed by atoms with Gasteiger partial charge in [-0.1, -0.05) is 0 Å². The Balaban J connectivity index is 4.15. The van der Waals surface area contributed by atoms with Crippen molar-refractivity contribution < 1.29 is 27.9 Å². The number of carbonyl (C=O) groups is 2. The molecule has 0 heterocycles. The number of carboxylic acids is 1. The zero-order valence-corrected chi connectivity index (χ0v) is 9.91. The number of methoxy groups -OCH3 is 1. The van der Waals surface area contributed by atoms with Gasteiger partial charge in [-0.2, -0.15) is 0 Å². The highest BCUT2D eigenvalue weighted by atomic mass is 32.2. The Kier molecular flexibility index (Phi) is 5.97. The fraction of sp³-hybridized carbons (Fsp3) is 0.750. The number of carboxylic acid groups (broad SMARTS) is 1. The number of sulfonamides is 1. The highest BCUT2D eigenvalue weighted by molar-refractivity contribution is 7.90. The number of nitrogens with one attached hydrogen (secondary N) is 1. The van der Waals surface area contributed by atoms with Gasteiger partial charge in [0.1, 0.15) is 0 Å². The van der Waals surface area contributed by atoms with Crippen molar-refractivity contribution in [3.05, 3.63) is 0 Å². The van der Waals surface area contributed by atoms with Gasteiger partial charge < -0.3 is 9.84 Å². The SMILES string of the molecule is COC(=O)C(C)S(=O)(=O)NCCCC(=O)O. The first-order valence-corrected chi connectivity index (χ1v) is 6.14. The molecular weight excluding hydrogens is 238 g/mol. The van der Waals surface area contributed by atoms with Crippen LogP contribution in [0.1, 0.15) is 19.8 Å². The molecule has 0 aliphatic heterocycles. The Morgan fingerprint density at radius 3 is 2.44 bits per heavy atom. The molecule has 2 N–H and O–H groups in total. The summed E-state index contributed by atoms with van der Waals surface area (Å²) in [6.45, 7) is 1.18. The maximum Gasteiger partial charge on any atom is 0.325 e. The van der Waals surface area contributed by atoms with Gasteiger partial charge in [-0.15, -0.1) is 0 Å². The van der Waals surface area contributed by atoms with Gasteiger partial charge in [-0.05, 0) is 13.3 Å². The summed E-state index contributed by atoms with van der Waals surface area (Å²) in [6.07, 6.45) is 0.0393. The number of esters is 1. The van der Waals surface area contributed by atoms with E-state index in [2.05, 4.69) is 9.46 Å². The highest BCUT2D eigenvalue weighted by Crippen LogP contribution is 2.00. The molecule has 1 unspecified atom stereocenters. The van der Waals surface area contributed by atoms with Gasteiger partial charge in [-0.25, -0.2) is 13.1 Å². The molecule has 16 heavy (non-hydrogen) atoms. The zero-order valence-electron chi connectivity index (χ0n) is 9.10. The van der Waals surface area contributed by atoms with Crippen molar-refractivity contribution in [3.63, 3.8) is 0 Å². The van der Waals surface area contributed by atoms with Crippen LogP contribution >= 0.6 is 0 Å². The normalized spacial score (nSPS) is 13.1. The van der Waals surface area contributed by atoms with Crippen LogP contribution in [0, 0.1) is 0 Å². The lowest BCUT2D eigenvalue weighted by molar-refractivity contribution is -0.140. The summed E-state index contributed by atoms with van der Waals surface area (Å²) in [7, 11) is -2.69. The highest BCUT2D eigenvalue weighted by Gasteiger charge is 2.28. The fourth-order valence-corrected chi connectivity index (χ4v) is 1.90. The molecule has 0 bridgehead atoms. The summed E-state index contributed by atoms with van der Waals surface area (Å²) in [5.74, 6) is -1.86. The molecule has 1 atom stereocenters. The molecule has 0 saturated heterocycles. The van der Waals surface area contributed by atoms with Gasteiger partial charge in [0.05, 0.1) is 7.11 Å². The molecule has 0 rings (SSSR count). The standard InChI is InChI=1S/C8H15NO6S/c1-6(8(12)15-2)16(13,14)9-5-3-4-7(10)11/h6,9H,3-5H2,1-2H3,(H,10,11). The van der Waals surface area contributed by atoms with Crippen LogP contribution in [0.2, 0.25) is 0 Å². The Hall–Kier alpha value is -1.15. The topological polar surface area (TPSA) is 110 Å². The van der Waals surface area contributed by atoms with E-state index < -0.39 is 27.2 Å². The minimum atomic E-state index is -3.79. The maximum absolute atomic E-state index is 11.4. The van der Waals surface area contributed by atoms with Gasteiger partial charge in [-0.3, -0.25) is 9.59 Å². The first kappa shape index (κ1) is 14.8. The second-order valence-electron chi connectivity index (χ2n) is 3.10. The Morgan fingerprint density at radius 2 is 2.00 bits per heavy atom. The molecule has 0 radical (unpaired) electrons. The second kappa shape index (κ2) is 6.44. The van der Waals surface area contributed by atoms with E-state index in [1.807, 2.05) is 0 Å². The molecule has 7 nitrogen and oxygen atoms in total. The summed E-state index contributed by atoms with van der Waals surface area (Å²) in [5, 5.41) is 7.02. The van der Waals surface area contributed by atoms with E-state index in [-0.39, 0.29) is 19.4 Å². The average Bonchev–Trinajstić information content (AvgIpc) is 2.22. The minimum Gasteiger partial charge on any atom is -0.481 e. The third-order valence-corrected chi connectivity index (χ3v) is 3.60. The largest absolute Gasteiger partial charge is 0.481 e. The van der Waals surface area contributed by atoms with E-state index in [1.165, 1.54) is 6.92 Å². The second-order valence-corrected chi connectivity index (χ2v) is 5.19. The first-order valence-electron chi connectivity index (χ1n) is 4.59. The minimum absolute atomic E-state index is 0.0179. The summed E-state index contributed by atoms with van der Waals surface area (Å²) < 4.78 is 29.3. The molecule has 0 aliphatic carbocycles. The Morgan fingerprint density at radius 1 is 1.44 bits per heavy atom. The van der Waals surface area contributed by atoms with Gasteiger partial charge in [0.15, 0.2) is 5.25 Å². The van der Waals surface area contributed by atoms with Gasteiger partial charge >= 0.3 is 11.9 Å². The number of ether oxygens (including phenoxy) is 1. The lowest BCUT2D eigenvalue weighted by Crippen LogP contribution is -2.38. The molecule has 0 spiro atoms. The van der Waals surface area contributed by atoms with Crippen molar-refractivity contribution in [2.24, 2.45) is 0 Å². The van der Waals surface area contributed by atoms with Crippen LogP contribution in [-0.4, -0.2) is 44.4 Å². The molecular formula is C8H15NO6S. The van der Waals surface area contributed by atoms with Gasteiger partial charge in [0.2, 0.25) is 10.0 Å². The quantitative estimate of drug-likeness (QED) is 0.460. The zero-order chi connectivity index (χ0) is 12.8. The lowest BCUT2D eigenvalue weighted by Gasteiger charge is -2.11. The first-order chi connectivity index (χ1) is 7.31. The molecule has 94 valence electrons. The Bertz CT molecular complexity index is 350. The maximum atomic E-state index is 11.4. The summed E-state index contributed by atoms with van der Waals surface area (Å²) >= 11 is 0. The van der Waals surface area contributed by atoms with Gasteiger partial charge in [0.25, 0.3) is 0 Å². The molecule has 0 aromatic carbocycles. The fourth-order valence-electron chi connectivity index (χ4n) is 0.872. The van der Waals surface area contributed by atoms with E-state index >= 15 is 0 Å². The number of hydrogen-bond donors (Lipinski definition) is 2. The third kappa shape index (κ3) is 5.08. The van der Waals surface area contributed by atoms with Crippen molar-refractivity contribution in [1.82, 2.24) is 4.72 Å². The van der Waals surface area contributed by atoms with Crippen molar-refractivity contribution in [2.75, 3.05) is 13.7 Å². The number of carbonyl (C=O) groups excluding carboxylic acids is 1. The van der Waals surface area contributed by atoms with E-state index in [0.717, 1.165) is 7.11 Å². The van der Waals surface area contributed by atoms with Crippen LogP contribution in [0.4, 0.5) is 0 Å². The van der Waals surface area contributed by atoms with Crippen LogP contribution < -0.4 is 4.72 Å². The van der Waals surface area contributed by atoms with E-state index in [1.54, 1.807) is 0 Å². The molecule has 0 saturated carbocycles. The van der Waals surface area contributed by atoms with Crippen LogP contribution in [0.15, 0.2) is 0 Å². The monoisotopic (exact) mass is 253 g/mol. The Labute approximate surface area is 93.8 Å². The molecule has 8 heteroatoms. The number of aliphatic carboxylic acids is 1. The summed E-state index contributed by atoms with van der Waals surface area (Å²) in [5.41, 5.74) is 0. The van der Waals surface area contributed by atoms with E-state index in [4.69, 9.17) is 5.11 Å². The van der Waals surface area contributed by atoms with E-state index in [9.17, 15) is 18.0 Å². The number of rotatable bonds is 7. The third-order valence-electron chi connectivity index (χ3n) is 1.87. The van der Waals surface area contributed by atoms with Gasteiger partial charge in [0, 0.05) is 13.0 Å². The van der Waals surface area contributed by atoms with E-state index in [0.29, 0.717) is 0 Å².